The fourth-order valence-corrected chi connectivity index (χ4v) is 4.17. The fourth-order valence-electron chi connectivity index (χ4n) is 2.96. The molecule has 1 amide bonds. The van der Waals surface area contributed by atoms with Crippen molar-refractivity contribution in [1.29, 1.82) is 0 Å². The van der Waals surface area contributed by atoms with Crippen LogP contribution in [-0.2, 0) is 14.8 Å². The van der Waals surface area contributed by atoms with Crippen LogP contribution in [0, 0.1) is 6.92 Å². The lowest BCUT2D eigenvalue weighted by Gasteiger charge is -2.30. The van der Waals surface area contributed by atoms with Crippen LogP contribution in [0.3, 0.4) is 0 Å². The fraction of sp³-hybridized carbons (Fsp3) is 0.350. The molecule has 0 aliphatic rings. The quantitative estimate of drug-likeness (QED) is 0.728. The van der Waals surface area contributed by atoms with Gasteiger partial charge in [0, 0.05) is 11.8 Å². The van der Waals surface area contributed by atoms with E-state index >= 15 is 0 Å². The molecule has 8 heteroatoms. The predicted molar refractivity (Wildman–Crippen MR) is 111 cm³/mol. The molecule has 2 rings (SSSR count). The Labute approximate surface area is 166 Å². The van der Waals surface area contributed by atoms with Gasteiger partial charge in [0.25, 0.3) is 0 Å². The van der Waals surface area contributed by atoms with Crippen LogP contribution < -0.4 is 19.1 Å². The maximum atomic E-state index is 13.0. The van der Waals surface area contributed by atoms with Crippen LogP contribution in [0.25, 0.3) is 0 Å². The molecule has 0 spiro atoms. The van der Waals surface area contributed by atoms with Crippen LogP contribution in [0.2, 0.25) is 0 Å². The number of nitrogens with one attached hydrogen (secondary N) is 1. The summed E-state index contributed by atoms with van der Waals surface area (Å²) in [5.41, 5.74) is 1.84. The van der Waals surface area contributed by atoms with Crippen LogP contribution >= 0.6 is 0 Å². The maximum Gasteiger partial charge on any atom is 0.248 e. The predicted octanol–water partition coefficient (Wildman–Crippen LogP) is 3.20. The topological polar surface area (TPSA) is 84.9 Å². The number of nitrogens with zero attached hydrogens (tertiary/aromatic N) is 1. The molecule has 0 bridgehead atoms. The molecule has 0 unspecified atom stereocenters. The highest BCUT2D eigenvalue weighted by molar-refractivity contribution is 7.92. The highest BCUT2D eigenvalue weighted by Crippen LogP contribution is 2.30. The molecule has 28 heavy (non-hydrogen) atoms. The molecule has 0 aromatic heterocycles. The lowest BCUT2D eigenvalue weighted by molar-refractivity contribution is -0.117. The van der Waals surface area contributed by atoms with E-state index in [0.29, 0.717) is 29.3 Å². The third-order valence-electron chi connectivity index (χ3n) is 4.24. The van der Waals surface area contributed by atoms with Crippen LogP contribution in [0.1, 0.15) is 18.9 Å². The zero-order valence-corrected chi connectivity index (χ0v) is 17.5. The summed E-state index contributed by atoms with van der Waals surface area (Å²) in [4.78, 5) is 13.0. The van der Waals surface area contributed by atoms with Gasteiger partial charge in [-0.05, 0) is 43.2 Å². The van der Waals surface area contributed by atoms with E-state index in [1.54, 1.807) is 43.3 Å². The van der Waals surface area contributed by atoms with Crippen molar-refractivity contribution in [1.82, 2.24) is 0 Å². The van der Waals surface area contributed by atoms with Gasteiger partial charge >= 0.3 is 0 Å². The van der Waals surface area contributed by atoms with Gasteiger partial charge in [0.2, 0.25) is 15.9 Å². The average molecular weight is 407 g/mol. The van der Waals surface area contributed by atoms with Gasteiger partial charge in [-0.25, -0.2) is 8.42 Å². The number of amides is 1. The molecule has 2 aromatic rings. The van der Waals surface area contributed by atoms with E-state index in [1.165, 1.54) is 14.2 Å². The second-order valence-electron chi connectivity index (χ2n) is 6.38. The van der Waals surface area contributed by atoms with Crippen molar-refractivity contribution in [3.63, 3.8) is 0 Å². The molecule has 1 atom stereocenters. The Balaban J connectivity index is 2.37. The molecular formula is C20H26N2O5S. The first-order valence-corrected chi connectivity index (χ1v) is 10.6. The number of hydrogen-bond donors (Lipinski definition) is 1. The standard InChI is InChI=1S/C20H26N2O5S/c1-6-17(22(28(5,24)25)16-9-7-8-14(2)12-16)20(23)21-15-10-11-18(26-3)19(13-15)27-4/h7-13,17H,6H2,1-5H3,(H,21,23)/t17-/m1/s1. The number of carbonyl (C=O) groups is 1. The van der Waals surface area contributed by atoms with Crippen molar-refractivity contribution in [2.45, 2.75) is 26.3 Å². The number of methoxy groups -OCH3 is 2. The number of anilines is 2. The lowest BCUT2D eigenvalue weighted by atomic mass is 10.1. The van der Waals surface area contributed by atoms with Gasteiger partial charge < -0.3 is 14.8 Å². The molecule has 0 aliphatic carbocycles. The minimum Gasteiger partial charge on any atom is -0.493 e. The minimum absolute atomic E-state index is 0.306. The molecule has 152 valence electrons. The SMILES string of the molecule is CC[C@H](C(=O)Nc1ccc(OC)c(OC)c1)N(c1cccc(C)c1)S(C)(=O)=O. The van der Waals surface area contributed by atoms with Gasteiger partial charge in [-0.3, -0.25) is 9.10 Å². The number of sulfonamides is 1. The zero-order chi connectivity index (χ0) is 20.9. The van der Waals surface area contributed by atoms with Gasteiger partial charge in [0.15, 0.2) is 11.5 Å². The number of carbonyl (C=O) groups excluding carboxylic acids is 1. The average Bonchev–Trinajstić information content (AvgIpc) is 2.64. The maximum absolute atomic E-state index is 13.0. The first kappa shape index (κ1) is 21.6. The summed E-state index contributed by atoms with van der Waals surface area (Å²) in [7, 11) is -0.655. The highest BCUT2D eigenvalue weighted by atomic mass is 32.2. The minimum atomic E-state index is -3.68. The van der Waals surface area contributed by atoms with Crippen LogP contribution in [0.5, 0.6) is 11.5 Å². The molecule has 0 saturated carbocycles. The normalized spacial score (nSPS) is 12.2. The lowest BCUT2D eigenvalue weighted by Crippen LogP contribution is -2.47. The molecule has 0 radical (unpaired) electrons. The second kappa shape index (κ2) is 8.97. The monoisotopic (exact) mass is 406 g/mol. The molecular weight excluding hydrogens is 380 g/mol. The first-order valence-electron chi connectivity index (χ1n) is 8.80. The van der Waals surface area contributed by atoms with E-state index in [4.69, 9.17) is 9.47 Å². The first-order chi connectivity index (χ1) is 13.2. The number of hydrogen-bond acceptors (Lipinski definition) is 5. The Morgan fingerprint density at radius 3 is 2.32 bits per heavy atom. The van der Waals surface area contributed by atoms with Gasteiger partial charge in [-0.15, -0.1) is 0 Å². The van der Waals surface area contributed by atoms with E-state index in [9.17, 15) is 13.2 Å². The van der Waals surface area contributed by atoms with Gasteiger partial charge in [0.05, 0.1) is 26.2 Å². The number of ether oxygens (including phenoxy) is 2. The highest BCUT2D eigenvalue weighted by Gasteiger charge is 2.31. The van der Waals surface area contributed by atoms with Gasteiger partial charge in [-0.2, -0.15) is 0 Å². The Morgan fingerprint density at radius 2 is 1.79 bits per heavy atom. The molecule has 7 nitrogen and oxygen atoms in total. The molecule has 0 heterocycles. The summed E-state index contributed by atoms with van der Waals surface area (Å²) in [6, 6.07) is 11.1. The van der Waals surface area contributed by atoms with Crippen molar-refractivity contribution in [3.05, 3.63) is 48.0 Å². The summed E-state index contributed by atoms with van der Waals surface area (Å²) in [5, 5.41) is 2.78. The van der Waals surface area contributed by atoms with E-state index in [-0.39, 0.29) is 0 Å². The number of benzene rings is 2. The third-order valence-corrected chi connectivity index (χ3v) is 5.42. The Morgan fingerprint density at radius 1 is 1.11 bits per heavy atom. The van der Waals surface area contributed by atoms with Gasteiger partial charge in [0.1, 0.15) is 6.04 Å². The van der Waals surface area contributed by atoms with Crippen molar-refractivity contribution < 1.29 is 22.7 Å². The Hall–Kier alpha value is -2.74. The summed E-state index contributed by atoms with van der Waals surface area (Å²) >= 11 is 0. The molecule has 2 aromatic carbocycles. The van der Waals surface area contributed by atoms with E-state index < -0.39 is 22.0 Å². The third kappa shape index (κ3) is 4.95. The molecule has 0 fully saturated rings. The van der Waals surface area contributed by atoms with Crippen molar-refractivity contribution >= 4 is 27.3 Å². The summed E-state index contributed by atoms with van der Waals surface area (Å²) in [6.45, 7) is 3.64. The molecule has 0 saturated heterocycles. The van der Waals surface area contributed by atoms with Crippen molar-refractivity contribution in [3.8, 4) is 11.5 Å². The van der Waals surface area contributed by atoms with Gasteiger partial charge in [-0.1, -0.05) is 19.1 Å². The summed E-state index contributed by atoms with van der Waals surface area (Å²) in [6.07, 6.45) is 1.40. The van der Waals surface area contributed by atoms with E-state index in [0.717, 1.165) is 16.1 Å². The summed E-state index contributed by atoms with van der Waals surface area (Å²) in [5.74, 6) is 0.568. The number of rotatable bonds is 8. The second-order valence-corrected chi connectivity index (χ2v) is 8.24. The largest absolute Gasteiger partial charge is 0.493 e. The Bertz CT molecular complexity index is 943. The zero-order valence-electron chi connectivity index (χ0n) is 16.7. The van der Waals surface area contributed by atoms with Crippen LogP contribution in [0.4, 0.5) is 11.4 Å². The van der Waals surface area contributed by atoms with Crippen LogP contribution in [-0.4, -0.2) is 40.8 Å². The molecule has 0 aliphatic heterocycles. The Kier molecular flexibility index (Phi) is 6.90. The smallest absolute Gasteiger partial charge is 0.248 e. The van der Waals surface area contributed by atoms with Crippen molar-refractivity contribution in [2.75, 3.05) is 30.1 Å². The summed E-state index contributed by atoms with van der Waals surface area (Å²) < 4.78 is 36.6. The molecule has 1 N–H and O–H groups in total. The van der Waals surface area contributed by atoms with E-state index in [2.05, 4.69) is 5.32 Å². The van der Waals surface area contributed by atoms with Crippen LogP contribution in [0.15, 0.2) is 42.5 Å². The van der Waals surface area contributed by atoms with Crippen molar-refractivity contribution in [2.24, 2.45) is 0 Å². The van der Waals surface area contributed by atoms with E-state index in [1.807, 2.05) is 13.0 Å². The number of aryl methyl sites for hydroxylation is 1.